The molecule has 1 heterocycles. The number of amides is 2. The molecule has 0 aliphatic carbocycles. The van der Waals surface area contributed by atoms with Crippen LogP contribution in [0.2, 0.25) is 0 Å². The Morgan fingerprint density at radius 1 is 1.12 bits per heavy atom. The van der Waals surface area contributed by atoms with Gasteiger partial charge in [0.05, 0.1) is 5.25 Å². The number of nitrogens with one attached hydrogen (secondary N) is 2. The summed E-state index contributed by atoms with van der Waals surface area (Å²) in [6, 6.07) is 6.75. The number of anilines is 2. The number of Topliss-reactive ketones (excluding diaryl/α,β-unsaturated/α-hetero) is 1. The van der Waals surface area contributed by atoms with E-state index in [1.54, 1.807) is 24.3 Å². The van der Waals surface area contributed by atoms with Gasteiger partial charge in [-0.1, -0.05) is 30.0 Å². The first-order valence-corrected chi connectivity index (χ1v) is 9.28. The van der Waals surface area contributed by atoms with Gasteiger partial charge in [-0.15, -0.1) is 10.2 Å². The molecule has 2 aromatic rings. The molecule has 7 nitrogen and oxygen atoms in total. The summed E-state index contributed by atoms with van der Waals surface area (Å²) >= 11 is 2.52. The van der Waals surface area contributed by atoms with Gasteiger partial charge in [-0.25, -0.2) is 0 Å². The highest BCUT2D eigenvalue weighted by Gasteiger charge is 2.20. The summed E-state index contributed by atoms with van der Waals surface area (Å²) in [6.45, 7) is 4.80. The van der Waals surface area contributed by atoms with Crippen molar-refractivity contribution in [3.05, 3.63) is 29.8 Å². The molecule has 1 atom stereocenters. The minimum absolute atomic E-state index is 0.0221. The van der Waals surface area contributed by atoms with Crippen molar-refractivity contribution in [2.24, 2.45) is 0 Å². The van der Waals surface area contributed by atoms with Gasteiger partial charge in [0, 0.05) is 18.2 Å². The molecule has 0 unspecified atom stereocenters. The standard InChI is InChI=1S/C16H18N4O3S2/c1-4-13(24-16-20-19-15(25-16)17-10(3)22)14(23)18-12-7-5-11(6-8-12)9(2)21/h5-8,13H,4H2,1-3H3,(H,18,23)(H,17,19,22)/t13-/m1/s1. The molecule has 2 N–H and O–H groups in total. The zero-order chi connectivity index (χ0) is 18.4. The Morgan fingerprint density at radius 3 is 2.36 bits per heavy atom. The minimum atomic E-state index is -0.342. The Hall–Kier alpha value is -2.26. The van der Waals surface area contributed by atoms with Crippen LogP contribution < -0.4 is 10.6 Å². The highest BCUT2D eigenvalue weighted by atomic mass is 32.2. The van der Waals surface area contributed by atoms with E-state index in [4.69, 9.17) is 0 Å². The molecule has 0 fully saturated rings. The second-order valence-electron chi connectivity index (χ2n) is 5.19. The van der Waals surface area contributed by atoms with Gasteiger partial charge < -0.3 is 10.6 Å². The number of aromatic nitrogens is 2. The number of carbonyl (C=O) groups is 3. The van der Waals surface area contributed by atoms with Crippen LogP contribution in [0.25, 0.3) is 0 Å². The Bertz CT molecular complexity index is 774. The number of ketones is 1. The zero-order valence-corrected chi connectivity index (χ0v) is 15.7. The Morgan fingerprint density at radius 2 is 1.80 bits per heavy atom. The van der Waals surface area contributed by atoms with Crippen LogP contribution in [-0.4, -0.2) is 33.0 Å². The first-order valence-electron chi connectivity index (χ1n) is 7.58. The maximum Gasteiger partial charge on any atom is 0.237 e. The van der Waals surface area contributed by atoms with E-state index < -0.39 is 0 Å². The fourth-order valence-corrected chi connectivity index (χ4v) is 3.88. The fraction of sp³-hybridized carbons (Fsp3) is 0.312. The van der Waals surface area contributed by atoms with Crippen molar-refractivity contribution in [1.82, 2.24) is 10.2 Å². The molecule has 0 aliphatic rings. The average Bonchev–Trinajstić information content (AvgIpc) is 2.99. The SMILES string of the molecule is CC[C@@H](Sc1nnc(NC(C)=O)s1)C(=O)Nc1ccc(C(C)=O)cc1. The van der Waals surface area contributed by atoms with Crippen LogP contribution in [-0.2, 0) is 9.59 Å². The Labute approximate surface area is 153 Å². The van der Waals surface area contributed by atoms with Crippen molar-refractivity contribution in [2.75, 3.05) is 10.6 Å². The predicted molar refractivity (Wildman–Crippen MR) is 99.2 cm³/mol. The van der Waals surface area contributed by atoms with Gasteiger partial charge in [-0.3, -0.25) is 14.4 Å². The molecule has 0 saturated heterocycles. The third-order valence-corrected chi connectivity index (χ3v) is 5.44. The molecule has 2 rings (SSSR count). The fourth-order valence-electron chi connectivity index (χ4n) is 1.91. The summed E-state index contributed by atoms with van der Waals surface area (Å²) in [4.78, 5) is 34.7. The van der Waals surface area contributed by atoms with Crippen molar-refractivity contribution < 1.29 is 14.4 Å². The summed E-state index contributed by atoms with van der Waals surface area (Å²) in [7, 11) is 0. The van der Waals surface area contributed by atoms with Gasteiger partial charge >= 0.3 is 0 Å². The quantitative estimate of drug-likeness (QED) is 0.436. The predicted octanol–water partition coefficient (Wildman–Crippen LogP) is 3.21. The monoisotopic (exact) mass is 378 g/mol. The molecule has 0 aliphatic heterocycles. The van der Waals surface area contributed by atoms with E-state index in [0.29, 0.717) is 27.1 Å². The van der Waals surface area contributed by atoms with Crippen LogP contribution in [0.5, 0.6) is 0 Å². The van der Waals surface area contributed by atoms with Crippen molar-refractivity contribution >= 4 is 51.5 Å². The van der Waals surface area contributed by atoms with Crippen LogP contribution in [0.3, 0.4) is 0 Å². The first-order chi connectivity index (χ1) is 11.9. The maximum absolute atomic E-state index is 12.4. The van der Waals surface area contributed by atoms with Gasteiger partial charge in [0.15, 0.2) is 10.1 Å². The van der Waals surface area contributed by atoms with Gasteiger partial charge in [-0.05, 0) is 37.6 Å². The largest absolute Gasteiger partial charge is 0.325 e. The van der Waals surface area contributed by atoms with Gasteiger partial charge in [-0.2, -0.15) is 0 Å². The second kappa shape index (κ2) is 8.72. The molecular weight excluding hydrogens is 360 g/mol. The number of rotatable bonds is 7. The first kappa shape index (κ1) is 19.1. The summed E-state index contributed by atoms with van der Waals surface area (Å²) in [5.41, 5.74) is 1.23. The Balaban J connectivity index is 1.99. The molecule has 2 amide bonds. The normalized spacial score (nSPS) is 11.6. The summed E-state index contributed by atoms with van der Waals surface area (Å²) < 4.78 is 0.609. The van der Waals surface area contributed by atoms with Gasteiger partial charge in [0.25, 0.3) is 0 Å². The highest BCUT2D eigenvalue weighted by molar-refractivity contribution is 8.02. The van der Waals surface area contributed by atoms with Crippen molar-refractivity contribution in [1.29, 1.82) is 0 Å². The molecule has 0 bridgehead atoms. The highest BCUT2D eigenvalue weighted by Crippen LogP contribution is 2.31. The van der Waals surface area contributed by atoms with E-state index in [-0.39, 0.29) is 22.8 Å². The molecule has 0 saturated carbocycles. The lowest BCUT2D eigenvalue weighted by molar-refractivity contribution is -0.116. The van der Waals surface area contributed by atoms with Crippen LogP contribution in [0.1, 0.15) is 37.6 Å². The van der Waals surface area contributed by atoms with Gasteiger partial charge in [0.2, 0.25) is 16.9 Å². The van der Waals surface area contributed by atoms with E-state index in [1.807, 2.05) is 6.92 Å². The molecule has 9 heteroatoms. The molecule has 0 spiro atoms. The van der Waals surface area contributed by atoms with Crippen LogP contribution >= 0.6 is 23.1 Å². The third-order valence-electron chi connectivity index (χ3n) is 3.15. The molecular formula is C16H18N4O3S2. The van der Waals surface area contributed by atoms with E-state index >= 15 is 0 Å². The van der Waals surface area contributed by atoms with Crippen LogP contribution in [0.15, 0.2) is 28.6 Å². The summed E-state index contributed by atoms with van der Waals surface area (Å²) in [5.74, 6) is -0.392. The lowest BCUT2D eigenvalue weighted by atomic mass is 10.1. The molecule has 1 aromatic carbocycles. The molecule has 25 heavy (non-hydrogen) atoms. The molecule has 132 valence electrons. The number of hydrogen-bond acceptors (Lipinski definition) is 7. The molecule has 1 aromatic heterocycles. The Kier molecular flexibility index (Phi) is 6.65. The van der Waals surface area contributed by atoms with E-state index in [2.05, 4.69) is 20.8 Å². The van der Waals surface area contributed by atoms with E-state index in [9.17, 15) is 14.4 Å². The number of benzene rings is 1. The van der Waals surface area contributed by atoms with Crippen LogP contribution in [0, 0.1) is 0 Å². The van der Waals surface area contributed by atoms with E-state index in [0.717, 1.165) is 0 Å². The van der Waals surface area contributed by atoms with Crippen molar-refractivity contribution in [2.45, 2.75) is 36.8 Å². The van der Waals surface area contributed by atoms with E-state index in [1.165, 1.54) is 36.9 Å². The van der Waals surface area contributed by atoms with Crippen molar-refractivity contribution in [3.8, 4) is 0 Å². The lowest BCUT2D eigenvalue weighted by Gasteiger charge is -2.13. The number of carbonyl (C=O) groups excluding carboxylic acids is 3. The molecule has 0 radical (unpaired) electrons. The average molecular weight is 378 g/mol. The van der Waals surface area contributed by atoms with Gasteiger partial charge in [0.1, 0.15) is 0 Å². The number of hydrogen-bond donors (Lipinski definition) is 2. The number of thioether (sulfide) groups is 1. The van der Waals surface area contributed by atoms with Crippen molar-refractivity contribution in [3.63, 3.8) is 0 Å². The second-order valence-corrected chi connectivity index (χ2v) is 7.62. The zero-order valence-electron chi connectivity index (χ0n) is 14.0. The minimum Gasteiger partial charge on any atom is -0.325 e. The topological polar surface area (TPSA) is 101 Å². The maximum atomic E-state index is 12.4. The van der Waals surface area contributed by atoms with Crippen LogP contribution in [0.4, 0.5) is 10.8 Å². The summed E-state index contributed by atoms with van der Waals surface area (Å²) in [5, 5.41) is 13.3. The lowest BCUT2D eigenvalue weighted by Crippen LogP contribution is -2.24. The number of nitrogens with zero attached hydrogens (tertiary/aromatic N) is 2. The summed E-state index contributed by atoms with van der Waals surface area (Å²) in [6.07, 6.45) is 0.608. The third kappa shape index (κ3) is 5.64. The smallest absolute Gasteiger partial charge is 0.237 e.